The first-order valence-electron chi connectivity index (χ1n) is 8.63. The van der Waals surface area contributed by atoms with Crippen LogP contribution in [0.4, 0.5) is 0 Å². The number of carbonyl (C=O) groups excluding carboxylic acids is 2. The highest BCUT2D eigenvalue weighted by atomic mass is 32.2. The zero-order valence-corrected chi connectivity index (χ0v) is 20.9. The Morgan fingerprint density at radius 1 is 0.760 bits per heavy atom. The summed E-state index contributed by atoms with van der Waals surface area (Å²) in [6, 6.07) is 0. The molecule has 1 N–H and O–H groups in total. The molecule has 7 heteroatoms. The van der Waals surface area contributed by atoms with E-state index in [4.69, 9.17) is 0 Å². The van der Waals surface area contributed by atoms with Gasteiger partial charge in [-0.3, -0.25) is 9.59 Å². The number of carbonyl (C=O) groups is 2. The van der Waals surface area contributed by atoms with Gasteiger partial charge >= 0.3 is 0 Å². The van der Waals surface area contributed by atoms with Gasteiger partial charge in [-0.1, -0.05) is 20.8 Å². The third-order valence-electron chi connectivity index (χ3n) is 2.17. The fourth-order valence-electron chi connectivity index (χ4n) is 0.914. The molecule has 0 saturated carbocycles. The largest absolute Gasteiger partial charge is 0.349 e. The minimum atomic E-state index is -0.0467. The van der Waals surface area contributed by atoms with Gasteiger partial charge in [-0.15, -0.1) is 0 Å². The summed E-state index contributed by atoms with van der Waals surface area (Å²) in [6.45, 7) is 8.14. The van der Waals surface area contributed by atoms with Gasteiger partial charge in [0.25, 0.3) is 0 Å². The summed E-state index contributed by atoms with van der Waals surface area (Å²) in [5.74, 6) is 4.60. The third kappa shape index (κ3) is 59.0. The monoisotopic (exact) mass is 431 g/mol. The van der Waals surface area contributed by atoms with Gasteiger partial charge in [-0.2, -0.15) is 47.0 Å². The van der Waals surface area contributed by atoms with Crippen LogP contribution in [0.1, 0.15) is 47.0 Å². The van der Waals surface area contributed by atoms with E-state index >= 15 is 0 Å². The van der Waals surface area contributed by atoms with Gasteiger partial charge in [-0.05, 0) is 62.0 Å². The van der Waals surface area contributed by atoms with Crippen LogP contribution in [0.15, 0.2) is 0 Å². The number of nitrogens with one attached hydrogen (secondary N) is 1. The van der Waals surface area contributed by atoms with E-state index in [0.717, 1.165) is 5.75 Å². The molecule has 0 aliphatic rings. The lowest BCUT2D eigenvalue weighted by Gasteiger charge is -2.00. The maximum atomic E-state index is 10.8. The number of ketones is 1. The first kappa shape index (κ1) is 33.1. The zero-order chi connectivity index (χ0) is 20.3. The topological polar surface area (TPSA) is 46.2 Å². The molecule has 1 amide bonds. The maximum Gasteiger partial charge on any atom is 0.221 e. The van der Waals surface area contributed by atoms with Crippen molar-refractivity contribution in [2.75, 3.05) is 54.6 Å². The third-order valence-corrected chi connectivity index (χ3v) is 5.00. The summed E-state index contributed by atoms with van der Waals surface area (Å²) in [7, 11) is 0. The van der Waals surface area contributed by atoms with Crippen LogP contribution in [0, 0.1) is 0 Å². The Labute approximate surface area is 174 Å². The molecule has 25 heavy (non-hydrogen) atoms. The number of thioether (sulfide) groups is 4. The lowest BCUT2D eigenvalue weighted by atomic mass is 10.4. The van der Waals surface area contributed by atoms with Gasteiger partial charge < -0.3 is 5.32 Å². The lowest BCUT2D eigenvalue weighted by molar-refractivity contribution is -0.124. The smallest absolute Gasteiger partial charge is 0.221 e. The highest BCUT2D eigenvalue weighted by molar-refractivity contribution is 7.99. The molecular formula is C18H41NO2S4. The summed E-state index contributed by atoms with van der Waals surface area (Å²) in [6.07, 6.45) is 11.4. The van der Waals surface area contributed by atoms with Crippen molar-refractivity contribution in [1.29, 1.82) is 0 Å². The van der Waals surface area contributed by atoms with Crippen LogP contribution >= 0.6 is 47.0 Å². The highest BCUT2D eigenvalue weighted by Crippen LogP contribution is 1.94. The molecule has 0 unspecified atom stereocenters. The molecular weight excluding hydrogens is 390 g/mol. The quantitative estimate of drug-likeness (QED) is 0.504. The Hall–Kier alpha value is 0.540. The van der Waals surface area contributed by atoms with E-state index in [2.05, 4.69) is 44.9 Å². The fraction of sp³-hybridized carbons (Fsp3) is 0.889. The minimum Gasteiger partial charge on any atom is -0.349 e. The van der Waals surface area contributed by atoms with Gasteiger partial charge in [0.05, 0.1) is 6.54 Å². The number of hydrogen-bond donors (Lipinski definition) is 1. The van der Waals surface area contributed by atoms with E-state index in [1.807, 2.05) is 41.5 Å². The Balaban J connectivity index is -0.000000132. The first-order chi connectivity index (χ1) is 11.9. The maximum absolute atomic E-state index is 10.8. The summed E-state index contributed by atoms with van der Waals surface area (Å²) in [5.41, 5.74) is 0. The van der Waals surface area contributed by atoms with Crippen molar-refractivity contribution in [3.8, 4) is 0 Å². The molecule has 0 atom stereocenters. The van der Waals surface area contributed by atoms with Crippen LogP contribution in [0.2, 0.25) is 0 Å². The molecule has 3 nitrogen and oxygen atoms in total. The van der Waals surface area contributed by atoms with Crippen LogP contribution in [-0.4, -0.2) is 66.3 Å². The second kappa shape index (κ2) is 35.6. The molecule has 154 valence electrons. The van der Waals surface area contributed by atoms with Crippen LogP contribution < -0.4 is 5.32 Å². The van der Waals surface area contributed by atoms with Crippen LogP contribution in [0.25, 0.3) is 0 Å². The van der Waals surface area contributed by atoms with Crippen molar-refractivity contribution in [3.63, 3.8) is 0 Å². The number of Topliss-reactive ketones (excluding diaryl/α,β-unsaturated/α-hetero) is 1. The zero-order valence-electron chi connectivity index (χ0n) is 17.6. The molecule has 0 bridgehead atoms. The predicted molar refractivity (Wildman–Crippen MR) is 128 cm³/mol. The minimum absolute atomic E-state index is 0.0116. The molecule has 0 radical (unpaired) electrons. The average Bonchev–Trinajstić information content (AvgIpc) is 2.61. The van der Waals surface area contributed by atoms with Gasteiger partial charge in [0, 0.05) is 12.2 Å². The number of rotatable bonds is 10. The molecule has 0 aliphatic heterocycles. The summed E-state index contributed by atoms with van der Waals surface area (Å²) in [4.78, 5) is 21.2. The summed E-state index contributed by atoms with van der Waals surface area (Å²) in [5, 5.41) is 2.52. The van der Waals surface area contributed by atoms with Gasteiger partial charge in [0.15, 0.2) is 0 Å². The Kier molecular flexibility index (Phi) is 47.2. The van der Waals surface area contributed by atoms with Gasteiger partial charge in [0.2, 0.25) is 5.91 Å². The highest BCUT2D eigenvalue weighted by Gasteiger charge is 2.00. The van der Waals surface area contributed by atoms with Crippen molar-refractivity contribution >= 4 is 58.7 Å². The molecule has 0 fully saturated rings. The van der Waals surface area contributed by atoms with E-state index < -0.39 is 0 Å². The van der Waals surface area contributed by atoms with E-state index in [1.54, 1.807) is 11.8 Å². The van der Waals surface area contributed by atoms with Gasteiger partial charge in [-0.25, -0.2) is 0 Å². The van der Waals surface area contributed by atoms with E-state index in [9.17, 15) is 9.59 Å². The van der Waals surface area contributed by atoms with Crippen molar-refractivity contribution in [2.24, 2.45) is 0 Å². The van der Waals surface area contributed by atoms with Crippen LogP contribution in [-0.2, 0) is 9.59 Å². The molecule has 0 heterocycles. The van der Waals surface area contributed by atoms with E-state index in [0.29, 0.717) is 6.42 Å². The van der Waals surface area contributed by atoms with E-state index in [1.165, 1.54) is 37.0 Å². The molecule has 0 aromatic heterocycles. The second-order valence-electron chi connectivity index (χ2n) is 4.78. The standard InChI is InChI=1S/C7H13NO2S.2C4H10S.C3H8S/c1-6(9)5-8-7(10)3-4-11-2;2*1-3-4-5-2;1-3-4-2/h3-5H2,1-2H3,(H,8,10);2*3-4H2,1-2H3;3H2,1-2H3. The SMILES string of the molecule is CCCSC.CCCSC.CCSC.CSCCC(=O)NCC(C)=O. The molecule has 0 saturated heterocycles. The van der Waals surface area contributed by atoms with Crippen LogP contribution in [0.5, 0.6) is 0 Å². The first-order valence-corrected chi connectivity index (χ1v) is 14.2. The molecule has 0 spiro atoms. The molecule has 0 aromatic carbocycles. The Bertz CT molecular complexity index is 243. The van der Waals surface area contributed by atoms with Crippen molar-refractivity contribution < 1.29 is 9.59 Å². The fourth-order valence-corrected chi connectivity index (χ4v) is 2.12. The average molecular weight is 432 g/mol. The van der Waals surface area contributed by atoms with E-state index in [-0.39, 0.29) is 18.2 Å². The molecule has 0 rings (SSSR count). The van der Waals surface area contributed by atoms with Crippen molar-refractivity contribution in [2.45, 2.75) is 47.0 Å². The summed E-state index contributed by atoms with van der Waals surface area (Å²) < 4.78 is 0. The number of hydrogen-bond acceptors (Lipinski definition) is 6. The Morgan fingerprint density at radius 2 is 1.16 bits per heavy atom. The Morgan fingerprint density at radius 3 is 1.36 bits per heavy atom. The predicted octanol–water partition coefficient (Wildman–Crippen LogP) is 5.33. The van der Waals surface area contributed by atoms with Crippen molar-refractivity contribution in [3.05, 3.63) is 0 Å². The molecule has 0 aromatic rings. The van der Waals surface area contributed by atoms with Crippen LogP contribution in [0.3, 0.4) is 0 Å². The normalized spacial score (nSPS) is 8.64. The molecule has 0 aliphatic carbocycles. The second-order valence-corrected chi connectivity index (χ2v) is 8.90. The van der Waals surface area contributed by atoms with Crippen molar-refractivity contribution in [1.82, 2.24) is 5.32 Å². The van der Waals surface area contributed by atoms with Gasteiger partial charge in [0.1, 0.15) is 5.78 Å². The lowest BCUT2D eigenvalue weighted by Crippen LogP contribution is -2.28. The summed E-state index contributed by atoms with van der Waals surface area (Å²) >= 11 is 7.28. The number of amides is 1.